The number of hydrogen-bond acceptors (Lipinski definition) is 6. The second kappa shape index (κ2) is 6.32. The number of aliphatic hydroxyl groups excluding tert-OH is 2. The van der Waals surface area contributed by atoms with Crippen LogP contribution in [0.2, 0.25) is 0 Å². The minimum absolute atomic E-state index is 0.0406. The fourth-order valence-corrected chi connectivity index (χ4v) is 2.09. The summed E-state index contributed by atoms with van der Waals surface area (Å²) in [4.78, 5) is 3.15. The molecule has 2 heterocycles. The summed E-state index contributed by atoms with van der Waals surface area (Å²) in [5, 5.41) is 22.0. The fourth-order valence-electron chi connectivity index (χ4n) is 2.09. The molecule has 0 spiro atoms. The van der Waals surface area contributed by atoms with E-state index in [1.165, 1.54) is 0 Å². The van der Waals surface area contributed by atoms with Crippen molar-refractivity contribution in [1.29, 1.82) is 0 Å². The first kappa shape index (κ1) is 16.9. The molecule has 0 saturated carbocycles. The van der Waals surface area contributed by atoms with Gasteiger partial charge in [-0.15, -0.1) is 0 Å². The standard InChI is InChI=1S/C12H15F4N3O3/c13-5-1-2-8(12(14,15)16)19-11(5)18-6-4-22-7(3-17)10(21)9(6)20/h1-2,6-7,9-10,20-21H,3-4,17H2,(H,18,19)/t6-,7+,9?,10-/m0/s1. The van der Waals surface area contributed by atoms with Crippen molar-refractivity contribution in [1.82, 2.24) is 4.98 Å². The highest BCUT2D eigenvalue weighted by molar-refractivity contribution is 5.39. The van der Waals surface area contributed by atoms with Crippen molar-refractivity contribution in [2.45, 2.75) is 30.5 Å². The zero-order valence-electron chi connectivity index (χ0n) is 11.2. The summed E-state index contributed by atoms with van der Waals surface area (Å²) in [6.07, 6.45) is -8.26. The second-order valence-electron chi connectivity index (χ2n) is 4.86. The molecule has 0 aliphatic carbocycles. The van der Waals surface area contributed by atoms with Gasteiger partial charge in [-0.05, 0) is 12.1 Å². The van der Waals surface area contributed by atoms with Gasteiger partial charge in [-0.1, -0.05) is 0 Å². The smallest absolute Gasteiger partial charge is 0.388 e. The summed E-state index contributed by atoms with van der Waals surface area (Å²) < 4.78 is 56.5. The van der Waals surface area contributed by atoms with E-state index in [1.54, 1.807) is 0 Å². The number of ether oxygens (including phenoxy) is 1. The maximum absolute atomic E-state index is 13.6. The Bertz CT molecular complexity index is 529. The number of alkyl halides is 3. The third-order valence-corrected chi connectivity index (χ3v) is 3.32. The molecule has 1 unspecified atom stereocenters. The Kier molecular flexibility index (Phi) is 4.85. The van der Waals surface area contributed by atoms with Crippen LogP contribution in [0.1, 0.15) is 5.69 Å². The fraction of sp³-hybridized carbons (Fsp3) is 0.583. The van der Waals surface area contributed by atoms with Gasteiger partial charge in [-0.3, -0.25) is 0 Å². The van der Waals surface area contributed by atoms with Crippen LogP contribution in [0.3, 0.4) is 0 Å². The van der Waals surface area contributed by atoms with Crippen molar-refractivity contribution in [3.63, 3.8) is 0 Å². The highest BCUT2D eigenvalue weighted by atomic mass is 19.4. The molecule has 4 atom stereocenters. The molecule has 0 radical (unpaired) electrons. The minimum atomic E-state index is -4.73. The van der Waals surface area contributed by atoms with Crippen LogP contribution in [-0.2, 0) is 10.9 Å². The summed E-state index contributed by atoms with van der Waals surface area (Å²) in [6.45, 7) is -0.210. The summed E-state index contributed by atoms with van der Waals surface area (Å²) in [6, 6.07) is 0.101. The van der Waals surface area contributed by atoms with Gasteiger partial charge in [0.05, 0.1) is 18.8 Å². The van der Waals surface area contributed by atoms with Crippen molar-refractivity contribution < 1.29 is 32.5 Å². The zero-order valence-corrected chi connectivity index (χ0v) is 11.2. The Morgan fingerprint density at radius 1 is 1.32 bits per heavy atom. The summed E-state index contributed by atoms with van der Waals surface area (Å²) in [7, 11) is 0. The lowest BCUT2D eigenvalue weighted by atomic mass is 9.98. The highest BCUT2D eigenvalue weighted by Gasteiger charge is 2.39. The lowest BCUT2D eigenvalue weighted by molar-refractivity contribution is -0.141. The Balaban J connectivity index is 2.17. The molecule has 0 bridgehead atoms. The molecule has 0 amide bonds. The Hall–Kier alpha value is -1.49. The average Bonchev–Trinajstić information content (AvgIpc) is 2.45. The van der Waals surface area contributed by atoms with Crippen LogP contribution in [0.25, 0.3) is 0 Å². The van der Waals surface area contributed by atoms with Gasteiger partial charge in [0.15, 0.2) is 11.6 Å². The molecule has 5 N–H and O–H groups in total. The predicted molar refractivity (Wildman–Crippen MR) is 67.4 cm³/mol. The third-order valence-electron chi connectivity index (χ3n) is 3.32. The van der Waals surface area contributed by atoms with Crippen molar-refractivity contribution in [3.05, 3.63) is 23.6 Å². The summed E-state index contributed by atoms with van der Waals surface area (Å²) in [5.41, 5.74) is 4.06. The molecule has 1 aliphatic rings. The molecule has 1 saturated heterocycles. The average molecular weight is 325 g/mol. The number of aromatic nitrogens is 1. The number of anilines is 1. The lowest BCUT2D eigenvalue weighted by Gasteiger charge is -2.37. The van der Waals surface area contributed by atoms with E-state index in [1.807, 2.05) is 0 Å². The largest absolute Gasteiger partial charge is 0.433 e. The van der Waals surface area contributed by atoms with E-state index < -0.39 is 47.9 Å². The number of pyridine rings is 1. The van der Waals surface area contributed by atoms with Gasteiger partial charge in [0.2, 0.25) is 0 Å². The Morgan fingerprint density at radius 3 is 2.59 bits per heavy atom. The van der Waals surface area contributed by atoms with E-state index in [0.29, 0.717) is 12.1 Å². The van der Waals surface area contributed by atoms with Gasteiger partial charge in [0.1, 0.15) is 17.9 Å². The number of hydrogen-bond donors (Lipinski definition) is 4. The first-order valence-corrected chi connectivity index (χ1v) is 6.42. The van der Waals surface area contributed by atoms with E-state index in [4.69, 9.17) is 10.5 Å². The second-order valence-corrected chi connectivity index (χ2v) is 4.86. The molecule has 2 rings (SSSR count). The van der Waals surface area contributed by atoms with Gasteiger partial charge < -0.3 is 26.0 Å². The van der Waals surface area contributed by atoms with Gasteiger partial charge in [-0.25, -0.2) is 9.37 Å². The molecule has 22 heavy (non-hydrogen) atoms. The van der Waals surface area contributed by atoms with Crippen molar-refractivity contribution in [2.24, 2.45) is 5.73 Å². The van der Waals surface area contributed by atoms with E-state index >= 15 is 0 Å². The molecule has 1 aliphatic heterocycles. The Labute approximate surface area is 122 Å². The number of nitrogens with two attached hydrogens (primary N) is 1. The first-order chi connectivity index (χ1) is 10.2. The third kappa shape index (κ3) is 3.46. The minimum Gasteiger partial charge on any atom is -0.388 e. The van der Waals surface area contributed by atoms with Gasteiger partial charge in [0, 0.05) is 6.54 Å². The normalized spacial score (nSPS) is 29.4. The number of rotatable bonds is 3. The molecule has 10 heteroatoms. The molecule has 0 aromatic carbocycles. The molecular weight excluding hydrogens is 310 g/mol. The van der Waals surface area contributed by atoms with Crippen LogP contribution in [0.4, 0.5) is 23.4 Å². The maximum atomic E-state index is 13.6. The Morgan fingerprint density at radius 2 is 2.00 bits per heavy atom. The SMILES string of the molecule is NC[C@H]1OC[C@H](Nc2nc(C(F)(F)F)ccc2F)C(O)[C@H]1O. The molecule has 1 aromatic heterocycles. The molecule has 1 aromatic rings. The molecule has 124 valence electrons. The molecular formula is C12H15F4N3O3. The number of halogens is 4. The predicted octanol–water partition coefficient (Wildman–Crippen LogP) is 0.0993. The van der Waals surface area contributed by atoms with Crippen molar-refractivity contribution in [3.8, 4) is 0 Å². The van der Waals surface area contributed by atoms with Crippen LogP contribution in [0, 0.1) is 5.82 Å². The quantitative estimate of drug-likeness (QED) is 0.588. The topological polar surface area (TPSA) is 101 Å². The number of nitrogens with one attached hydrogen (secondary N) is 1. The first-order valence-electron chi connectivity index (χ1n) is 6.42. The monoisotopic (exact) mass is 325 g/mol. The van der Waals surface area contributed by atoms with E-state index in [-0.39, 0.29) is 13.2 Å². The highest BCUT2D eigenvalue weighted by Crippen LogP contribution is 2.29. The van der Waals surface area contributed by atoms with Crippen LogP contribution in [0.5, 0.6) is 0 Å². The van der Waals surface area contributed by atoms with Gasteiger partial charge in [-0.2, -0.15) is 13.2 Å². The van der Waals surface area contributed by atoms with Crippen molar-refractivity contribution >= 4 is 5.82 Å². The van der Waals surface area contributed by atoms with E-state index in [0.717, 1.165) is 0 Å². The maximum Gasteiger partial charge on any atom is 0.433 e. The van der Waals surface area contributed by atoms with Gasteiger partial charge >= 0.3 is 6.18 Å². The number of nitrogens with zero attached hydrogens (tertiary/aromatic N) is 1. The molecule has 6 nitrogen and oxygen atoms in total. The van der Waals surface area contributed by atoms with Gasteiger partial charge in [0.25, 0.3) is 0 Å². The summed E-state index contributed by atoms with van der Waals surface area (Å²) in [5.74, 6) is -1.70. The molecule has 1 fully saturated rings. The van der Waals surface area contributed by atoms with Crippen LogP contribution in [0.15, 0.2) is 12.1 Å². The number of aliphatic hydroxyl groups is 2. The van der Waals surface area contributed by atoms with E-state index in [2.05, 4.69) is 10.3 Å². The lowest BCUT2D eigenvalue weighted by Crippen LogP contribution is -2.57. The van der Waals surface area contributed by atoms with Crippen LogP contribution < -0.4 is 11.1 Å². The summed E-state index contributed by atoms with van der Waals surface area (Å²) >= 11 is 0. The zero-order chi connectivity index (χ0) is 16.5. The van der Waals surface area contributed by atoms with Crippen molar-refractivity contribution in [2.75, 3.05) is 18.5 Å². The van der Waals surface area contributed by atoms with E-state index in [9.17, 15) is 27.8 Å². The van der Waals surface area contributed by atoms with Crippen LogP contribution in [-0.4, -0.2) is 52.7 Å². The van der Waals surface area contributed by atoms with Crippen LogP contribution >= 0.6 is 0 Å².